The molecule has 0 spiro atoms. The van der Waals surface area contributed by atoms with Crippen molar-refractivity contribution in [3.05, 3.63) is 28.5 Å². The lowest BCUT2D eigenvalue weighted by atomic mass is 10.1. The molecule has 0 aliphatic carbocycles. The standard InChI is InChI=1S/C10H11ClF3NO3/c11-6-3-5(10(12,13)14)4-15-8(6)9(18)7(17)1-2-16/h3-4,7,9,16-18H,1-2H2. The van der Waals surface area contributed by atoms with E-state index in [4.69, 9.17) is 16.7 Å². The van der Waals surface area contributed by atoms with Crippen LogP contribution in [0.1, 0.15) is 23.8 Å². The maximum absolute atomic E-state index is 12.3. The highest BCUT2D eigenvalue weighted by atomic mass is 35.5. The Bertz CT molecular complexity index is 414. The lowest BCUT2D eigenvalue weighted by molar-refractivity contribution is -0.137. The summed E-state index contributed by atoms with van der Waals surface area (Å²) >= 11 is 5.58. The van der Waals surface area contributed by atoms with Crippen LogP contribution in [0.25, 0.3) is 0 Å². The van der Waals surface area contributed by atoms with Crippen molar-refractivity contribution in [2.75, 3.05) is 6.61 Å². The SMILES string of the molecule is OCCC(O)C(O)c1ncc(C(F)(F)F)cc1Cl. The number of nitrogens with zero attached hydrogens (tertiary/aromatic N) is 1. The van der Waals surface area contributed by atoms with E-state index < -0.39 is 29.0 Å². The monoisotopic (exact) mass is 285 g/mol. The minimum Gasteiger partial charge on any atom is -0.396 e. The molecule has 1 heterocycles. The van der Waals surface area contributed by atoms with Crippen LogP contribution in [0.2, 0.25) is 5.02 Å². The van der Waals surface area contributed by atoms with Crippen LogP contribution < -0.4 is 0 Å². The summed E-state index contributed by atoms with van der Waals surface area (Å²) in [7, 11) is 0. The third kappa shape index (κ3) is 3.55. The van der Waals surface area contributed by atoms with Gasteiger partial charge in [-0.3, -0.25) is 4.98 Å². The summed E-state index contributed by atoms with van der Waals surface area (Å²) in [5.74, 6) is 0. The van der Waals surface area contributed by atoms with Gasteiger partial charge in [-0.15, -0.1) is 0 Å². The molecule has 8 heteroatoms. The van der Waals surface area contributed by atoms with E-state index in [1.54, 1.807) is 0 Å². The van der Waals surface area contributed by atoms with Crippen LogP contribution in [0.15, 0.2) is 12.3 Å². The fraction of sp³-hybridized carbons (Fsp3) is 0.500. The van der Waals surface area contributed by atoms with Gasteiger partial charge in [-0.1, -0.05) is 11.6 Å². The first kappa shape index (κ1) is 15.2. The maximum atomic E-state index is 12.3. The summed E-state index contributed by atoms with van der Waals surface area (Å²) in [6.07, 6.45) is -7.09. The molecule has 1 rings (SSSR count). The summed E-state index contributed by atoms with van der Waals surface area (Å²) in [5.41, 5.74) is -1.30. The largest absolute Gasteiger partial charge is 0.417 e. The zero-order chi connectivity index (χ0) is 13.9. The minimum absolute atomic E-state index is 0.139. The molecule has 0 radical (unpaired) electrons. The van der Waals surface area contributed by atoms with Crippen LogP contribution in [0.3, 0.4) is 0 Å². The molecule has 2 unspecified atom stereocenters. The van der Waals surface area contributed by atoms with Gasteiger partial charge in [0.25, 0.3) is 0 Å². The summed E-state index contributed by atoms with van der Waals surface area (Å²) in [6.45, 7) is -0.378. The number of rotatable bonds is 4. The van der Waals surface area contributed by atoms with Crippen molar-refractivity contribution in [3.63, 3.8) is 0 Å². The van der Waals surface area contributed by atoms with Crippen molar-refractivity contribution < 1.29 is 28.5 Å². The summed E-state index contributed by atoms with van der Waals surface area (Å²) in [6, 6.07) is 0.624. The number of aromatic nitrogens is 1. The topological polar surface area (TPSA) is 73.6 Å². The van der Waals surface area contributed by atoms with Gasteiger partial charge in [0.2, 0.25) is 0 Å². The highest BCUT2D eigenvalue weighted by Crippen LogP contribution is 2.33. The Morgan fingerprint density at radius 1 is 1.33 bits per heavy atom. The molecule has 0 fully saturated rings. The van der Waals surface area contributed by atoms with Gasteiger partial charge in [0, 0.05) is 12.8 Å². The molecule has 0 bridgehead atoms. The summed E-state index contributed by atoms with van der Waals surface area (Å²) in [4.78, 5) is 3.40. The third-order valence-corrected chi connectivity index (χ3v) is 2.57. The van der Waals surface area contributed by atoms with E-state index in [0.29, 0.717) is 12.3 Å². The van der Waals surface area contributed by atoms with Crippen molar-refractivity contribution in [3.8, 4) is 0 Å². The van der Waals surface area contributed by atoms with E-state index in [-0.39, 0.29) is 18.7 Å². The van der Waals surface area contributed by atoms with E-state index in [1.165, 1.54) is 0 Å². The number of halogens is 4. The molecule has 0 aliphatic rings. The number of hydrogen-bond donors (Lipinski definition) is 3. The molecule has 2 atom stereocenters. The zero-order valence-electron chi connectivity index (χ0n) is 9.02. The molecule has 0 aromatic carbocycles. The smallest absolute Gasteiger partial charge is 0.396 e. The van der Waals surface area contributed by atoms with Crippen LogP contribution in [-0.2, 0) is 6.18 Å². The van der Waals surface area contributed by atoms with E-state index in [0.717, 1.165) is 0 Å². The predicted octanol–water partition coefficient (Wildman–Crippen LogP) is 1.53. The summed E-state index contributed by atoms with van der Waals surface area (Å²) in [5, 5.41) is 27.2. The molecule has 0 amide bonds. The highest BCUT2D eigenvalue weighted by molar-refractivity contribution is 6.31. The van der Waals surface area contributed by atoms with Crippen molar-refractivity contribution >= 4 is 11.6 Å². The Kier molecular flexibility index (Phi) is 4.92. The highest BCUT2D eigenvalue weighted by Gasteiger charge is 2.32. The van der Waals surface area contributed by atoms with Gasteiger partial charge in [0.1, 0.15) is 6.10 Å². The normalized spacial score (nSPS) is 15.5. The average molecular weight is 286 g/mol. The Hall–Kier alpha value is -0.890. The molecule has 0 saturated carbocycles. The van der Waals surface area contributed by atoms with Crippen molar-refractivity contribution in [1.29, 1.82) is 0 Å². The van der Waals surface area contributed by atoms with Gasteiger partial charge >= 0.3 is 6.18 Å². The number of aliphatic hydroxyl groups excluding tert-OH is 3. The minimum atomic E-state index is -4.58. The first-order valence-corrected chi connectivity index (χ1v) is 5.34. The van der Waals surface area contributed by atoms with Gasteiger partial charge in [0.05, 0.1) is 22.4 Å². The lowest BCUT2D eigenvalue weighted by Crippen LogP contribution is -2.21. The van der Waals surface area contributed by atoms with E-state index in [2.05, 4.69) is 4.98 Å². The number of pyridine rings is 1. The molecular formula is C10H11ClF3NO3. The third-order valence-electron chi connectivity index (χ3n) is 2.27. The van der Waals surface area contributed by atoms with Crippen molar-refractivity contribution in [2.45, 2.75) is 24.8 Å². The molecule has 102 valence electrons. The second-order valence-electron chi connectivity index (χ2n) is 3.61. The van der Waals surface area contributed by atoms with Gasteiger partial charge < -0.3 is 15.3 Å². The fourth-order valence-corrected chi connectivity index (χ4v) is 1.57. The molecule has 3 N–H and O–H groups in total. The van der Waals surface area contributed by atoms with Gasteiger partial charge in [-0.2, -0.15) is 13.2 Å². The zero-order valence-corrected chi connectivity index (χ0v) is 9.78. The van der Waals surface area contributed by atoms with Crippen LogP contribution in [0, 0.1) is 0 Å². The fourth-order valence-electron chi connectivity index (χ4n) is 1.29. The first-order valence-electron chi connectivity index (χ1n) is 4.97. The maximum Gasteiger partial charge on any atom is 0.417 e. The van der Waals surface area contributed by atoms with Crippen LogP contribution in [0.4, 0.5) is 13.2 Å². The number of hydrogen-bond acceptors (Lipinski definition) is 4. The Morgan fingerprint density at radius 3 is 2.39 bits per heavy atom. The van der Waals surface area contributed by atoms with E-state index >= 15 is 0 Å². The Labute approximate surface area is 106 Å². The molecule has 1 aromatic heterocycles. The lowest BCUT2D eigenvalue weighted by Gasteiger charge is -2.18. The molecular weight excluding hydrogens is 275 g/mol. The Morgan fingerprint density at radius 2 is 1.94 bits per heavy atom. The second kappa shape index (κ2) is 5.83. The van der Waals surface area contributed by atoms with Crippen LogP contribution in [-0.4, -0.2) is 33.0 Å². The molecule has 0 saturated heterocycles. The second-order valence-corrected chi connectivity index (χ2v) is 4.02. The van der Waals surface area contributed by atoms with Gasteiger partial charge in [-0.05, 0) is 12.5 Å². The predicted molar refractivity (Wildman–Crippen MR) is 56.9 cm³/mol. The van der Waals surface area contributed by atoms with E-state index in [1.807, 2.05) is 0 Å². The molecule has 18 heavy (non-hydrogen) atoms. The van der Waals surface area contributed by atoms with Crippen molar-refractivity contribution in [2.24, 2.45) is 0 Å². The number of alkyl halides is 3. The molecule has 1 aromatic rings. The molecule has 4 nitrogen and oxygen atoms in total. The van der Waals surface area contributed by atoms with Crippen LogP contribution in [0.5, 0.6) is 0 Å². The number of aliphatic hydroxyl groups is 3. The first-order chi connectivity index (χ1) is 8.27. The quantitative estimate of drug-likeness (QED) is 0.784. The van der Waals surface area contributed by atoms with Crippen LogP contribution >= 0.6 is 11.6 Å². The van der Waals surface area contributed by atoms with Gasteiger partial charge in [0.15, 0.2) is 0 Å². The van der Waals surface area contributed by atoms with Gasteiger partial charge in [-0.25, -0.2) is 0 Å². The van der Waals surface area contributed by atoms with E-state index in [9.17, 15) is 23.4 Å². The van der Waals surface area contributed by atoms with Crippen molar-refractivity contribution in [1.82, 2.24) is 4.98 Å². The Balaban J connectivity index is 2.99. The molecule has 0 aliphatic heterocycles. The summed E-state index contributed by atoms with van der Waals surface area (Å²) < 4.78 is 37.0. The average Bonchev–Trinajstić information content (AvgIpc) is 2.27.